The Kier molecular flexibility index (Phi) is 4.53. The number of nitrogens with zero attached hydrogens (tertiary/aromatic N) is 1. The van der Waals surface area contributed by atoms with Crippen molar-refractivity contribution in [2.45, 2.75) is 25.4 Å². The van der Waals surface area contributed by atoms with E-state index in [2.05, 4.69) is 6.42 Å². The third-order valence-corrected chi connectivity index (χ3v) is 3.76. The Balaban J connectivity index is 1.64. The third-order valence-electron chi connectivity index (χ3n) is 3.76. The molecule has 1 heterocycles. The number of rotatable bonds is 4. The minimum atomic E-state index is -0.634. The van der Waals surface area contributed by atoms with E-state index in [4.69, 9.17) is 4.74 Å². The van der Waals surface area contributed by atoms with Crippen molar-refractivity contribution < 1.29 is 9.84 Å². The summed E-state index contributed by atoms with van der Waals surface area (Å²) in [5, 5.41) is 10.5. The van der Waals surface area contributed by atoms with Gasteiger partial charge in [0.25, 0.3) is 0 Å². The molecule has 1 fully saturated rings. The molecule has 0 aromatic heterocycles. The summed E-state index contributed by atoms with van der Waals surface area (Å²) in [5.41, 5.74) is 2.15. The summed E-state index contributed by atoms with van der Waals surface area (Å²) in [4.78, 5) is 2.00. The number of ether oxygens (including phenoxy) is 1. The summed E-state index contributed by atoms with van der Waals surface area (Å²) in [6, 6.07) is 20.0. The fourth-order valence-electron chi connectivity index (χ4n) is 2.63. The molecule has 1 aliphatic heterocycles. The van der Waals surface area contributed by atoms with Crippen LogP contribution in [0.25, 0.3) is 0 Å². The number of aliphatic hydroxyl groups excluding tert-OH is 1. The lowest BCUT2D eigenvalue weighted by molar-refractivity contribution is -0.0373. The van der Waals surface area contributed by atoms with E-state index in [1.54, 1.807) is 0 Å². The zero-order valence-corrected chi connectivity index (χ0v) is 11.9. The third kappa shape index (κ3) is 3.43. The van der Waals surface area contributed by atoms with Crippen LogP contribution >= 0.6 is 0 Å². The predicted molar refractivity (Wildman–Crippen MR) is 83.7 cm³/mol. The first-order valence-corrected chi connectivity index (χ1v) is 7.33. The first kappa shape index (κ1) is 14.1. The molecule has 0 saturated carbocycles. The molecule has 0 amide bonds. The average Bonchev–Trinajstić information content (AvgIpc) is 2.56. The van der Waals surface area contributed by atoms with Crippen molar-refractivity contribution in [2.75, 3.05) is 11.4 Å². The lowest BCUT2D eigenvalue weighted by Gasteiger charge is -2.39. The van der Waals surface area contributed by atoms with Crippen molar-refractivity contribution in [3.63, 3.8) is 0 Å². The number of benzene rings is 2. The second-order valence-electron chi connectivity index (χ2n) is 5.23. The number of para-hydroxylation sites is 1. The zero-order valence-electron chi connectivity index (χ0n) is 11.9. The van der Waals surface area contributed by atoms with Crippen molar-refractivity contribution in [1.82, 2.24) is 0 Å². The molecule has 1 aliphatic rings. The van der Waals surface area contributed by atoms with Crippen molar-refractivity contribution in [3.05, 3.63) is 72.6 Å². The van der Waals surface area contributed by atoms with Crippen LogP contribution in [0.3, 0.4) is 0 Å². The van der Waals surface area contributed by atoms with E-state index >= 15 is 0 Å². The van der Waals surface area contributed by atoms with Crippen LogP contribution in [0, 0.1) is 6.42 Å². The molecule has 109 valence electrons. The van der Waals surface area contributed by atoms with Gasteiger partial charge in [-0.2, -0.15) is 0 Å². The van der Waals surface area contributed by atoms with Crippen molar-refractivity contribution in [2.24, 2.45) is 0 Å². The van der Waals surface area contributed by atoms with Crippen LogP contribution in [0.1, 0.15) is 12.0 Å². The van der Waals surface area contributed by atoms with Gasteiger partial charge in [0, 0.05) is 12.2 Å². The fraction of sp³-hybridized carbons (Fsp3) is 0.278. The maximum absolute atomic E-state index is 10.5. The summed E-state index contributed by atoms with van der Waals surface area (Å²) in [7, 11) is 0. The molecular weight excluding hydrogens is 262 g/mol. The van der Waals surface area contributed by atoms with E-state index in [0.29, 0.717) is 6.61 Å². The molecule has 1 radical (unpaired) electrons. The van der Waals surface area contributed by atoms with Gasteiger partial charge >= 0.3 is 0 Å². The van der Waals surface area contributed by atoms with Crippen LogP contribution in [-0.4, -0.2) is 24.0 Å². The highest BCUT2D eigenvalue weighted by molar-refractivity contribution is 5.47. The number of aliphatic hydroxyl groups is 1. The highest BCUT2D eigenvalue weighted by atomic mass is 16.5. The molecule has 21 heavy (non-hydrogen) atoms. The standard InChI is InChI=1S/C18H20NO2/c20-18-17(21-14-15-8-3-1-4-9-15)12-7-13-19(18)16-10-5-2-6-11-16/h1-6,8-12,17-18,20H,7,13-14H2. The quantitative estimate of drug-likeness (QED) is 0.935. The number of anilines is 1. The van der Waals surface area contributed by atoms with Gasteiger partial charge in [-0.1, -0.05) is 48.5 Å². The van der Waals surface area contributed by atoms with Gasteiger partial charge in [0.15, 0.2) is 6.23 Å². The molecule has 0 spiro atoms. The summed E-state index contributed by atoms with van der Waals surface area (Å²) < 4.78 is 5.89. The lowest BCUT2D eigenvalue weighted by atomic mass is 10.0. The van der Waals surface area contributed by atoms with Gasteiger partial charge in [0.2, 0.25) is 0 Å². The molecule has 3 rings (SSSR count). The summed E-state index contributed by atoms with van der Waals surface area (Å²) in [6.45, 7) is 1.33. The highest BCUT2D eigenvalue weighted by Gasteiger charge is 2.30. The van der Waals surface area contributed by atoms with Crippen LogP contribution in [0.4, 0.5) is 5.69 Å². The molecule has 1 saturated heterocycles. The monoisotopic (exact) mass is 282 g/mol. The molecule has 0 aliphatic carbocycles. The number of hydrogen-bond donors (Lipinski definition) is 1. The molecule has 0 bridgehead atoms. The van der Waals surface area contributed by atoms with E-state index in [1.807, 2.05) is 65.6 Å². The van der Waals surface area contributed by atoms with Gasteiger partial charge in [-0.15, -0.1) is 0 Å². The van der Waals surface area contributed by atoms with E-state index in [1.165, 1.54) is 0 Å². The fourth-order valence-corrected chi connectivity index (χ4v) is 2.63. The minimum Gasteiger partial charge on any atom is -0.371 e. The van der Waals surface area contributed by atoms with E-state index in [9.17, 15) is 5.11 Å². The Bertz CT molecular complexity index is 544. The number of hydrogen-bond acceptors (Lipinski definition) is 3. The average molecular weight is 282 g/mol. The Labute approximate surface area is 125 Å². The normalized spacial score (nSPS) is 22.2. The van der Waals surface area contributed by atoms with Crippen molar-refractivity contribution >= 4 is 5.69 Å². The second-order valence-corrected chi connectivity index (χ2v) is 5.23. The van der Waals surface area contributed by atoms with Crippen molar-refractivity contribution in [3.8, 4) is 0 Å². The second kappa shape index (κ2) is 6.74. The van der Waals surface area contributed by atoms with Crippen LogP contribution in [0.5, 0.6) is 0 Å². The molecule has 3 nitrogen and oxygen atoms in total. The molecular formula is C18H20NO2. The Morgan fingerprint density at radius 2 is 1.67 bits per heavy atom. The van der Waals surface area contributed by atoms with Crippen molar-refractivity contribution in [1.29, 1.82) is 0 Å². The highest BCUT2D eigenvalue weighted by Crippen LogP contribution is 2.25. The van der Waals surface area contributed by atoms with Gasteiger partial charge < -0.3 is 14.7 Å². The molecule has 2 aromatic rings. The van der Waals surface area contributed by atoms with Crippen LogP contribution in [-0.2, 0) is 11.3 Å². The van der Waals surface area contributed by atoms with E-state index in [-0.39, 0.29) is 6.10 Å². The summed E-state index contributed by atoms with van der Waals surface area (Å²) in [6.07, 6.45) is 2.07. The Morgan fingerprint density at radius 3 is 2.38 bits per heavy atom. The van der Waals surface area contributed by atoms with Gasteiger partial charge in [-0.05, 0) is 30.5 Å². The molecule has 1 N–H and O–H groups in total. The van der Waals surface area contributed by atoms with Gasteiger partial charge in [-0.25, -0.2) is 0 Å². The van der Waals surface area contributed by atoms with Crippen LogP contribution in [0.2, 0.25) is 0 Å². The van der Waals surface area contributed by atoms with Crippen LogP contribution in [0.15, 0.2) is 60.7 Å². The minimum absolute atomic E-state index is 0.265. The largest absolute Gasteiger partial charge is 0.371 e. The van der Waals surface area contributed by atoms with Gasteiger partial charge in [-0.3, -0.25) is 0 Å². The summed E-state index contributed by atoms with van der Waals surface area (Å²) >= 11 is 0. The predicted octanol–water partition coefficient (Wildman–Crippen LogP) is 3.00. The molecule has 2 aromatic carbocycles. The Hall–Kier alpha value is -1.84. The van der Waals surface area contributed by atoms with Gasteiger partial charge in [0.05, 0.1) is 6.61 Å². The van der Waals surface area contributed by atoms with E-state index in [0.717, 1.165) is 24.2 Å². The molecule has 2 unspecified atom stereocenters. The Morgan fingerprint density at radius 1 is 1.00 bits per heavy atom. The SMILES string of the molecule is OC1C(OCc2ccccc2)[CH]CCN1c1ccccc1. The van der Waals surface area contributed by atoms with Crippen LogP contribution < -0.4 is 4.90 Å². The smallest absolute Gasteiger partial charge is 0.153 e. The maximum atomic E-state index is 10.5. The summed E-state index contributed by atoms with van der Waals surface area (Å²) in [5.74, 6) is 0. The first-order valence-electron chi connectivity index (χ1n) is 7.33. The maximum Gasteiger partial charge on any atom is 0.153 e. The molecule has 2 atom stereocenters. The topological polar surface area (TPSA) is 32.7 Å². The zero-order chi connectivity index (χ0) is 14.5. The first-order chi connectivity index (χ1) is 10.3. The number of piperidine rings is 1. The van der Waals surface area contributed by atoms with E-state index < -0.39 is 6.23 Å². The molecule has 3 heteroatoms. The van der Waals surface area contributed by atoms with Gasteiger partial charge in [0.1, 0.15) is 6.10 Å². The lowest BCUT2D eigenvalue weighted by Crippen LogP contribution is -2.49.